The van der Waals surface area contributed by atoms with Gasteiger partial charge in [-0.25, -0.2) is 14.2 Å². The smallest absolute Gasteiger partial charge is 0.474 e. The van der Waals surface area contributed by atoms with E-state index in [0.29, 0.717) is 6.42 Å². The van der Waals surface area contributed by atoms with Crippen LogP contribution < -0.4 is 28.3 Å². The number of amides is 3. The third-order valence-corrected chi connectivity index (χ3v) is 17.1. The van der Waals surface area contributed by atoms with Crippen LogP contribution in [0.5, 0.6) is 0 Å². The number of hydrogen-bond donors (Lipinski definition) is 14. The topological polar surface area (TPSA) is 494 Å². The molecule has 31 nitrogen and oxygen atoms in total. The first-order valence-electron chi connectivity index (χ1n) is 30.0. The second-order valence-electron chi connectivity index (χ2n) is 24.8. The van der Waals surface area contributed by atoms with Gasteiger partial charge in [0.15, 0.2) is 55.4 Å². The number of nitrogens with one attached hydrogen (secondary N) is 1. The number of ether oxygens (including phenoxy) is 9. The number of carbonyl (C=O) groups is 4. The van der Waals surface area contributed by atoms with Gasteiger partial charge in [0.1, 0.15) is 72.5 Å². The predicted octanol–water partition coefficient (Wildman–Crippen LogP) is 1.23. The molecule has 22 unspecified atom stereocenters. The Morgan fingerprint density at radius 1 is 0.791 bits per heavy atom. The standard InChI is InChI=1S/C59H96N5O26P/c1-28(2)14-13-16-29(3)17-18-31(5)21-24-58(8,9)23-12-11-15-30(4)22-25-79-34(26-80-76)27-81-91(77,78)90-56-48(49(89-57(63)74)59(10,75)50(88-56)51(62)72)87-54-38(61)40(67)45(32(6)83-54)84-53-37(60)41(68)46(33(7)82-53)85-55-44(71)42(69)43(70)47(86-55)52(73)64-39-35(65)19-20-36(39)66/h12,14,17,22-23,32-34,37-38,40-50,53-56,65,67-71,75-76H,5,11,13,15-16,18-21,24-27,60-61H2,1-4,6-10H3,(H2,62,72)(H2,63,74)(H,64,73)(H,77,78)/b23-12+,29-17+,30-22-. The van der Waals surface area contributed by atoms with Crippen LogP contribution in [0, 0.1) is 5.41 Å². The van der Waals surface area contributed by atoms with Gasteiger partial charge in [0, 0.05) is 12.8 Å². The number of rotatable bonds is 32. The van der Waals surface area contributed by atoms with Crippen molar-refractivity contribution in [2.75, 3.05) is 19.8 Å². The highest BCUT2D eigenvalue weighted by Gasteiger charge is 2.61. The Bertz CT molecular complexity index is 2690. The number of ketones is 1. The average molecular weight is 1320 g/mol. The lowest BCUT2D eigenvalue weighted by Crippen LogP contribution is -2.71. The summed E-state index contributed by atoms with van der Waals surface area (Å²) in [5.74, 6) is -3.59. The van der Waals surface area contributed by atoms with Crippen molar-refractivity contribution < 1.29 is 126 Å². The normalized spacial score (nSPS) is 35.4. The fraction of sp³-hybridized carbons (Fsp3) is 0.729. The van der Waals surface area contributed by atoms with E-state index in [1.165, 1.54) is 30.6 Å². The summed E-state index contributed by atoms with van der Waals surface area (Å²) < 4.78 is 76.3. The van der Waals surface area contributed by atoms with E-state index < -0.39 is 184 Å². The first-order chi connectivity index (χ1) is 42.5. The fourth-order valence-corrected chi connectivity index (χ4v) is 11.4. The lowest BCUT2D eigenvalue weighted by Gasteiger charge is -2.50. The zero-order valence-electron chi connectivity index (χ0n) is 52.8. The largest absolute Gasteiger partial charge is 0.510 e. The lowest BCUT2D eigenvalue weighted by atomic mass is 9.85. The molecule has 18 N–H and O–H groups in total. The Kier molecular flexibility index (Phi) is 29.1. The second-order valence-corrected chi connectivity index (χ2v) is 26.2. The number of hydrogen-bond acceptors (Lipinski definition) is 27. The van der Waals surface area contributed by atoms with Crippen molar-refractivity contribution in [2.45, 2.75) is 248 Å². The van der Waals surface area contributed by atoms with Crippen molar-refractivity contribution in [3.05, 3.63) is 70.7 Å². The molecule has 5 rings (SSSR count). The Balaban J connectivity index is 1.19. The van der Waals surface area contributed by atoms with Crippen molar-refractivity contribution in [3.8, 4) is 0 Å². The predicted molar refractivity (Wildman–Crippen MR) is 319 cm³/mol. The van der Waals surface area contributed by atoms with E-state index in [0.717, 1.165) is 51.0 Å². The molecule has 3 amide bonds. The quantitative estimate of drug-likeness (QED) is 0.0195. The molecule has 4 fully saturated rings. The minimum Gasteiger partial charge on any atom is -0.510 e. The summed E-state index contributed by atoms with van der Waals surface area (Å²) in [6.07, 6.45) is -17.7. The van der Waals surface area contributed by atoms with Gasteiger partial charge in [0.25, 0.3) is 5.91 Å². The Hall–Kier alpha value is -4.49. The maximum absolute atomic E-state index is 13.8. The monoisotopic (exact) mass is 1320 g/mol. The molecule has 0 saturated carbocycles. The van der Waals surface area contributed by atoms with Crippen molar-refractivity contribution >= 4 is 31.5 Å². The molecule has 518 valence electrons. The lowest BCUT2D eigenvalue weighted by molar-refractivity contribution is -0.365. The van der Waals surface area contributed by atoms with Gasteiger partial charge in [0.05, 0.1) is 37.5 Å². The molecule has 0 aromatic carbocycles. The second kappa shape index (κ2) is 34.3. The van der Waals surface area contributed by atoms with Crippen LogP contribution in [0.25, 0.3) is 0 Å². The molecule has 0 aromatic heterocycles. The summed E-state index contributed by atoms with van der Waals surface area (Å²) in [6, 6.07) is -3.27. The van der Waals surface area contributed by atoms with Gasteiger partial charge < -0.3 is 112 Å². The third kappa shape index (κ3) is 21.8. The van der Waals surface area contributed by atoms with Crippen molar-refractivity contribution in [1.29, 1.82) is 0 Å². The van der Waals surface area contributed by atoms with E-state index in [-0.39, 0.29) is 24.9 Å². The molecule has 22 atom stereocenters. The van der Waals surface area contributed by atoms with Crippen LogP contribution in [-0.2, 0) is 75.5 Å². The maximum atomic E-state index is 13.8. The molecule has 4 aliphatic heterocycles. The highest BCUT2D eigenvalue weighted by atomic mass is 31.2. The zero-order chi connectivity index (χ0) is 68.0. The summed E-state index contributed by atoms with van der Waals surface area (Å²) in [5, 5.41) is 88.5. The fourth-order valence-electron chi connectivity index (χ4n) is 10.6. The number of carbonyl (C=O) groups excluding carboxylic acids is 4. The summed E-state index contributed by atoms with van der Waals surface area (Å²) in [6.45, 7) is 19.1. The first kappa shape index (κ1) is 77.2. The molecule has 0 spiro atoms. The van der Waals surface area contributed by atoms with E-state index in [9.17, 15) is 69.6 Å². The third-order valence-electron chi connectivity index (χ3n) is 16.2. The molecular weight excluding hydrogens is 1230 g/mol. The van der Waals surface area contributed by atoms with Crippen LogP contribution in [0.2, 0.25) is 0 Å². The average Bonchev–Trinajstić information content (AvgIpc) is 1.15. The van der Waals surface area contributed by atoms with Crippen LogP contribution in [0.4, 0.5) is 4.79 Å². The minimum atomic E-state index is -5.46. The number of nitrogens with two attached hydrogens (primary N) is 4. The maximum Gasteiger partial charge on any atom is 0.474 e. The van der Waals surface area contributed by atoms with Crippen LogP contribution in [0.3, 0.4) is 0 Å². The number of primary amides is 2. The van der Waals surface area contributed by atoms with E-state index >= 15 is 0 Å². The van der Waals surface area contributed by atoms with Crippen LogP contribution >= 0.6 is 7.82 Å². The van der Waals surface area contributed by atoms with E-state index in [1.807, 2.05) is 6.92 Å². The van der Waals surface area contributed by atoms with Crippen molar-refractivity contribution in [1.82, 2.24) is 5.32 Å². The summed E-state index contributed by atoms with van der Waals surface area (Å²) >= 11 is 0. The number of aliphatic hydroxyl groups excluding tert-OH is 6. The van der Waals surface area contributed by atoms with Crippen LogP contribution in [0.1, 0.15) is 120 Å². The number of phosphoric ester groups is 1. The zero-order valence-corrected chi connectivity index (χ0v) is 53.7. The number of phosphoric acid groups is 1. The SMILES string of the molecule is C=C(C/C=C(\C)CCC=C(C)C)CCC(C)(C)/C=C/CC/C(C)=C\COC(COO)COP(=O)(O)OC1OC(C(N)=O)C(C)(O)C(OC(N)=O)C1OC1OC(C)C(OC2OC(C)C(OC3OC(C(=O)NC4=C(O)CCC4=O)C(O)C(O)C3O)C(O)C2N)C(O)C1N. The van der Waals surface area contributed by atoms with Crippen molar-refractivity contribution in [3.63, 3.8) is 0 Å². The first-order valence-corrected chi connectivity index (χ1v) is 31.5. The number of aliphatic hydroxyl groups is 7. The van der Waals surface area contributed by atoms with E-state index in [4.69, 9.17) is 74.6 Å². The Morgan fingerprint density at radius 3 is 1.93 bits per heavy atom. The van der Waals surface area contributed by atoms with Gasteiger partial charge in [-0.15, -0.1) is 0 Å². The minimum absolute atomic E-state index is 0.0493. The van der Waals surface area contributed by atoms with Crippen LogP contribution in [0.15, 0.2) is 70.7 Å². The van der Waals surface area contributed by atoms with Gasteiger partial charge in [-0.2, -0.15) is 0 Å². The number of Topliss-reactive ketones (excluding diaryl/α,β-unsaturated/α-hetero) is 1. The van der Waals surface area contributed by atoms with Gasteiger partial charge in [-0.05, 0) is 98.8 Å². The summed E-state index contributed by atoms with van der Waals surface area (Å²) in [7, 11) is -5.46. The van der Waals surface area contributed by atoms with Gasteiger partial charge in [-0.3, -0.25) is 28.7 Å². The highest BCUT2D eigenvalue weighted by Crippen LogP contribution is 2.49. The molecular formula is C59H96N5O26P. The molecule has 0 radical (unpaired) electrons. The molecule has 0 aromatic rings. The summed E-state index contributed by atoms with van der Waals surface area (Å²) in [5.41, 5.74) is 25.4. The summed E-state index contributed by atoms with van der Waals surface area (Å²) in [4.78, 5) is 65.8. The molecule has 5 aliphatic rings. The van der Waals surface area contributed by atoms with Crippen molar-refractivity contribution in [2.24, 2.45) is 28.3 Å². The molecule has 4 heterocycles. The van der Waals surface area contributed by atoms with Crippen LogP contribution in [-0.4, -0.2) is 218 Å². The molecule has 0 bridgehead atoms. The molecule has 1 aliphatic carbocycles. The molecule has 4 saturated heterocycles. The van der Waals surface area contributed by atoms with Gasteiger partial charge in [-0.1, -0.05) is 73.1 Å². The van der Waals surface area contributed by atoms with E-state index in [2.05, 4.69) is 75.7 Å². The highest BCUT2D eigenvalue weighted by molar-refractivity contribution is 7.47. The van der Waals surface area contributed by atoms with Gasteiger partial charge >= 0.3 is 13.9 Å². The molecule has 91 heavy (non-hydrogen) atoms. The number of allylic oxidation sites excluding steroid dienone is 10. The Morgan fingerprint density at radius 2 is 1.37 bits per heavy atom. The van der Waals surface area contributed by atoms with E-state index in [1.54, 1.807) is 6.08 Å². The molecule has 32 heteroatoms. The Labute approximate surface area is 528 Å². The van der Waals surface area contributed by atoms with Gasteiger partial charge in [0.2, 0.25) is 5.91 Å².